The van der Waals surface area contributed by atoms with E-state index in [0.717, 1.165) is 17.7 Å². The Hall–Kier alpha value is -3.01. The molecule has 0 N–H and O–H groups in total. The van der Waals surface area contributed by atoms with Crippen LogP contribution in [0, 0.1) is 5.82 Å². The van der Waals surface area contributed by atoms with Crippen molar-refractivity contribution in [3.63, 3.8) is 0 Å². The predicted molar refractivity (Wildman–Crippen MR) is 103 cm³/mol. The van der Waals surface area contributed by atoms with Crippen LogP contribution in [0.25, 0.3) is 0 Å². The Morgan fingerprint density at radius 2 is 1.74 bits per heavy atom. The molecule has 1 amide bonds. The number of carbonyl (C=O) groups excluding carboxylic acids is 1. The number of carbonyl (C=O) groups is 1. The largest absolute Gasteiger partial charge is 0.337 e. The topological polar surface area (TPSA) is 33.2 Å². The van der Waals surface area contributed by atoms with Gasteiger partial charge in [-0.1, -0.05) is 42.5 Å². The zero-order valence-electron chi connectivity index (χ0n) is 15.0. The first-order valence-electron chi connectivity index (χ1n) is 9.21. The summed E-state index contributed by atoms with van der Waals surface area (Å²) in [6.07, 6.45) is 3.10. The Labute approximate surface area is 158 Å². The first kappa shape index (κ1) is 17.4. The lowest BCUT2D eigenvalue weighted by molar-refractivity contribution is -0.133. The molecule has 1 aliphatic rings. The molecule has 2 heterocycles. The van der Waals surface area contributed by atoms with Crippen molar-refractivity contribution in [1.29, 1.82) is 0 Å². The first-order chi connectivity index (χ1) is 13.2. The number of hydrogen-bond acceptors (Lipinski definition) is 2. The SMILES string of the molecule is O=C(C(Cc1ccccn1)c1ccc(F)cc1)N1CCc2ccccc2C1. The summed E-state index contributed by atoms with van der Waals surface area (Å²) in [5, 5.41) is 0. The summed E-state index contributed by atoms with van der Waals surface area (Å²) < 4.78 is 13.4. The highest BCUT2D eigenvalue weighted by Gasteiger charge is 2.29. The fourth-order valence-corrected chi connectivity index (χ4v) is 3.68. The number of hydrogen-bond donors (Lipinski definition) is 0. The number of pyridine rings is 1. The number of aromatic nitrogens is 1. The third-order valence-corrected chi connectivity index (χ3v) is 5.15. The molecule has 3 aromatic rings. The van der Waals surface area contributed by atoms with E-state index in [0.29, 0.717) is 19.5 Å². The van der Waals surface area contributed by atoms with Gasteiger partial charge < -0.3 is 4.90 Å². The minimum atomic E-state index is -0.370. The molecule has 2 aromatic carbocycles. The van der Waals surface area contributed by atoms with Crippen molar-refractivity contribution >= 4 is 5.91 Å². The maximum atomic E-state index is 13.4. The maximum Gasteiger partial charge on any atom is 0.230 e. The van der Waals surface area contributed by atoms with Gasteiger partial charge in [0.05, 0.1) is 5.92 Å². The van der Waals surface area contributed by atoms with E-state index in [4.69, 9.17) is 0 Å². The quantitative estimate of drug-likeness (QED) is 0.701. The van der Waals surface area contributed by atoms with Gasteiger partial charge >= 0.3 is 0 Å². The molecule has 136 valence electrons. The molecular formula is C23H21FN2O. The van der Waals surface area contributed by atoms with Crippen molar-refractivity contribution in [2.75, 3.05) is 6.54 Å². The number of benzene rings is 2. The highest BCUT2D eigenvalue weighted by atomic mass is 19.1. The molecule has 3 nitrogen and oxygen atoms in total. The van der Waals surface area contributed by atoms with Crippen LogP contribution >= 0.6 is 0 Å². The predicted octanol–water partition coefficient (Wildman–Crippen LogP) is 4.13. The second kappa shape index (κ2) is 7.70. The lowest BCUT2D eigenvalue weighted by Crippen LogP contribution is -2.39. The summed E-state index contributed by atoms with van der Waals surface area (Å²) in [6.45, 7) is 1.32. The van der Waals surface area contributed by atoms with Crippen LogP contribution in [0.2, 0.25) is 0 Å². The van der Waals surface area contributed by atoms with E-state index in [1.165, 1.54) is 23.3 Å². The molecule has 4 rings (SSSR count). The molecule has 0 saturated carbocycles. The maximum absolute atomic E-state index is 13.4. The van der Waals surface area contributed by atoms with Crippen LogP contribution in [0.15, 0.2) is 72.9 Å². The second-order valence-corrected chi connectivity index (χ2v) is 6.91. The fraction of sp³-hybridized carbons (Fsp3) is 0.217. The van der Waals surface area contributed by atoms with E-state index in [2.05, 4.69) is 17.1 Å². The van der Waals surface area contributed by atoms with Gasteiger partial charge in [-0.25, -0.2) is 4.39 Å². The Balaban J connectivity index is 1.61. The third kappa shape index (κ3) is 3.90. The molecule has 1 aliphatic heterocycles. The molecule has 1 aromatic heterocycles. The van der Waals surface area contributed by atoms with Gasteiger partial charge in [0, 0.05) is 31.4 Å². The molecule has 0 spiro atoms. The molecule has 0 fully saturated rings. The molecule has 1 unspecified atom stereocenters. The number of nitrogens with zero attached hydrogens (tertiary/aromatic N) is 2. The summed E-state index contributed by atoms with van der Waals surface area (Å²) in [5.41, 5.74) is 4.20. The normalized spacial score (nSPS) is 14.5. The summed E-state index contributed by atoms with van der Waals surface area (Å²) in [5.74, 6) is -0.595. The standard InChI is InChI=1S/C23H21FN2O/c24-20-10-8-18(9-11-20)22(15-21-7-3-4-13-25-21)23(27)26-14-12-17-5-1-2-6-19(17)16-26/h1-11,13,22H,12,14-16H2. The average Bonchev–Trinajstić information content (AvgIpc) is 2.73. The van der Waals surface area contributed by atoms with Crippen molar-refractivity contribution in [2.45, 2.75) is 25.3 Å². The average molecular weight is 360 g/mol. The third-order valence-electron chi connectivity index (χ3n) is 5.15. The zero-order valence-corrected chi connectivity index (χ0v) is 15.0. The van der Waals surface area contributed by atoms with Crippen LogP contribution in [0.4, 0.5) is 4.39 Å². The van der Waals surface area contributed by atoms with Gasteiger partial charge in [-0.05, 0) is 47.4 Å². The highest BCUT2D eigenvalue weighted by molar-refractivity contribution is 5.84. The lowest BCUT2D eigenvalue weighted by atomic mass is 9.91. The number of fused-ring (bicyclic) bond motifs is 1. The van der Waals surface area contributed by atoms with Crippen molar-refractivity contribution < 1.29 is 9.18 Å². The van der Waals surface area contributed by atoms with Crippen LogP contribution in [-0.2, 0) is 24.2 Å². The van der Waals surface area contributed by atoms with Crippen LogP contribution in [0.5, 0.6) is 0 Å². The smallest absolute Gasteiger partial charge is 0.230 e. The van der Waals surface area contributed by atoms with Gasteiger partial charge in [-0.15, -0.1) is 0 Å². The molecule has 4 heteroatoms. The van der Waals surface area contributed by atoms with Crippen LogP contribution in [-0.4, -0.2) is 22.3 Å². The number of rotatable bonds is 4. The van der Waals surface area contributed by atoms with E-state index in [1.807, 2.05) is 35.2 Å². The molecule has 27 heavy (non-hydrogen) atoms. The summed E-state index contributed by atoms with van der Waals surface area (Å²) in [7, 11) is 0. The van der Waals surface area contributed by atoms with E-state index >= 15 is 0 Å². The summed E-state index contributed by atoms with van der Waals surface area (Å²) in [4.78, 5) is 19.7. The molecule has 0 bridgehead atoms. The number of amides is 1. The monoisotopic (exact) mass is 360 g/mol. The lowest BCUT2D eigenvalue weighted by Gasteiger charge is -2.32. The molecular weight excluding hydrogens is 339 g/mol. The van der Waals surface area contributed by atoms with Crippen LogP contribution in [0.3, 0.4) is 0 Å². The van der Waals surface area contributed by atoms with Gasteiger partial charge in [0.1, 0.15) is 5.82 Å². The number of halogens is 1. The van der Waals surface area contributed by atoms with E-state index in [1.54, 1.807) is 18.3 Å². The molecule has 0 radical (unpaired) electrons. The van der Waals surface area contributed by atoms with Crippen molar-refractivity contribution in [1.82, 2.24) is 9.88 Å². The minimum Gasteiger partial charge on any atom is -0.337 e. The second-order valence-electron chi connectivity index (χ2n) is 6.91. The van der Waals surface area contributed by atoms with E-state index < -0.39 is 0 Å². The Morgan fingerprint density at radius 1 is 1.00 bits per heavy atom. The van der Waals surface area contributed by atoms with Gasteiger partial charge in [0.2, 0.25) is 5.91 Å². The Kier molecular flexibility index (Phi) is 4.97. The van der Waals surface area contributed by atoms with Crippen molar-refractivity contribution in [2.24, 2.45) is 0 Å². The van der Waals surface area contributed by atoms with Crippen LogP contribution < -0.4 is 0 Å². The summed E-state index contributed by atoms with van der Waals surface area (Å²) >= 11 is 0. The fourth-order valence-electron chi connectivity index (χ4n) is 3.68. The molecule has 0 aliphatic carbocycles. The Bertz CT molecular complexity index is 925. The van der Waals surface area contributed by atoms with Crippen molar-refractivity contribution in [3.8, 4) is 0 Å². The zero-order chi connectivity index (χ0) is 18.6. The van der Waals surface area contributed by atoms with Gasteiger partial charge in [-0.3, -0.25) is 9.78 Å². The van der Waals surface area contributed by atoms with Gasteiger partial charge in [0.15, 0.2) is 0 Å². The first-order valence-corrected chi connectivity index (χ1v) is 9.21. The van der Waals surface area contributed by atoms with Crippen molar-refractivity contribution in [3.05, 3.63) is 101 Å². The van der Waals surface area contributed by atoms with Gasteiger partial charge in [-0.2, -0.15) is 0 Å². The Morgan fingerprint density at radius 3 is 2.48 bits per heavy atom. The van der Waals surface area contributed by atoms with E-state index in [9.17, 15) is 9.18 Å². The van der Waals surface area contributed by atoms with Crippen LogP contribution in [0.1, 0.15) is 28.3 Å². The summed E-state index contributed by atoms with van der Waals surface area (Å²) in [6, 6.07) is 20.2. The molecule has 1 atom stereocenters. The highest BCUT2D eigenvalue weighted by Crippen LogP contribution is 2.27. The van der Waals surface area contributed by atoms with Gasteiger partial charge in [0.25, 0.3) is 0 Å². The minimum absolute atomic E-state index is 0.0711. The molecule has 0 saturated heterocycles. The van der Waals surface area contributed by atoms with E-state index in [-0.39, 0.29) is 17.6 Å².